The molecule has 0 bridgehead atoms. The molecule has 0 aliphatic carbocycles. The number of hydrogen-bond donors (Lipinski definition) is 1. The normalized spacial score (nSPS) is 16.2. The maximum Gasteiger partial charge on any atom is 0.336 e. The first-order valence-corrected chi connectivity index (χ1v) is 9.58. The highest BCUT2D eigenvalue weighted by molar-refractivity contribution is 6.00. The molecule has 1 aromatic carbocycles. The number of carbonyl (C=O) groups is 2. The van der Waals surface area contributed by atoms with Crippen molar-refractivity contribution in [2.24, 2.45) is 0 Å². The van der Waals surface area contributed by atoms with Gasteiger partial charge in [0.05, 0.1) is 35.2 Å². The van der Waals surface area contributed by atoms with Crippen LogP contribution in [0, 0.1) is 10.1 Å². The average molecular weight is 418 g/mol. The quantitative estimate of drug-likeness (QED) is 0.281. The maximum absolute atomic E-state index is 12.9. The number of allylic oxidation sites excluding steroid dienone is 2. The fourth-order valence-corrected chi connectivity index (χ4v) is 3.31. The molecule has 0 aromatic heterocycles. The van der Waals surface area contributed by atoms with Crippen molar-refractivity contribution >= 4 is 17.6 Å². The molecule has 30 heavy (non-hydrogen) atoms. The lowest BCUT2D eigenvalue weighted by atomic mass is 9.79. The van der Waals surface area contributed by atoms with Crippen molar-refractivity contribution in [3.05, 3.63) is 62.5 Å². The van der Waals surface area contributed by atoms with Crippen LogP contribution in [0.15, 0.2) is 46.8 Å². The van der Waals surface area contributed by atoms with E-state index in [-0.39, 0.29) is 42.2 Å². The van der Waals surface area contributed by atoms with E-state index in [2.05, 4.69) is 5.32 Å². The molecule has 0 radical (unpaired) electrons. The van der Waals surface area contributed by atoms with E-state index in [0.717, 1.165) is 0 Å². The minimum Gasteiger partial charge on any atom is -0.462 e. The standard InChI is InChI=1S/C21H26N2O7/c1-5-10-29-20(24)17-13(2)22-14(3)18(21(25)30-12-11-28-4)19(17)15-8-6-7-9-16(15)23(26)27/h6-9,19,22H,5,10-12H2,1-4H3. The smallest absolute Gasteiger partial charge is 0.336 e. The number of hydrogen-bond acceptors (Lipinski definition) is 8. The summed E-state index contributed by atoms with van der Waals surface area (Å²) in [6.07, 6.45) is 0.614. The first-order valence-electron chi connectivity index (χ1n) is 9.58. The molecule has 1 aromatic rings. The molecule has 0 spiro atoms. The topological polar surface area (TPSA) is 117 Å². The van der Waals surface area contributed by atoms with Crippen molar-refractivity contribution in [3.8, 4) is 0 Å². The lowest BCUT2D eigenvalue weighted by Gasteiger charge is -2.30. The molecule has 0 fully saturated rings. The van der Waals surface area contributed by atoms with Crippen LogP contribution in [0.5, 0.6) is 0 Å². The van der Waals surface area contributed by atoms with Gasteiger partial charge in [0, 0.05) is 30.1 Å². The van der Waals surface area contributed by atoms with Gasteiger partial charge in [0.15, 0.2) is 0 Å². The largest absolute Gasteiger partial charge is 0.462 e. The van der Waals surface area contributed by atoms with Crippen LogP contribution in [0.25, 0.3) is 0 Å². The summed E-state index contributed by atoms with van der Waals surface area (Å²) in [6.45, 7) is 5.58. The number of para-hydroxylation sites is 1. The maximum atomic E-state index is 12.9. The molecule has 0 amide bonds. The second kappa shape index (κ2) is 10.5. The first kappa shape index (κ1) is 23.1. The van der Waals surface area contributed by atoms with Gasteiger partial charge >= 0.3 is 11.9 Å². The van der Waals surface area contributed by atoms with Crippen LogP contribution < -0.4 is 5.32 Å². The van der Waals surface area contributed by atoms with Crippen LogP contribution >= 0.6 is 0 Å². The van der Waals surface area contributed by atoms with Gasteiger partial charge < -0.3 is 19.5 Å². The van der Waals surface area contributed by atoms with Crippen molar-refractivity contribution in [1.29, 1.82) is 0 Å². The molecular formula is C21H26N2O7. The van der Waals surface area contributed by atoms with E-state index in [4.69, 9.17) is 14.2 Å². The highest BCUT2D eigenvalue weighted by Crippen LogP contribution is 2.42. The molecule has 0 saturated heterocycles. The van der Waals surface area contributed by atoms with Crippen LogP contribution in [0.2, 0.25) is 0 Å². The van der Waals surface area contributed by atoms with Crippen molar-refractivity contribution in [2.45, 2.75) is 33.1 Å². The summed E-state index contributed by atoms with van der Waals surface area (Å²) in [4.78, 5) is 36.9. The molecule has 2 rings (SSSR count). The van der Waals surface area contributed by atoms with Gasteiger partial charge in [-0.15, -0.1) is 0 Å². The molecule has 162 valence electrons. The Kier molecular flexibility index (Phi) is 8.11. The Morgan fingerprint density at radius 3 is 2.13 bits per heavy atom. The number of methoxy groups -OCH3 is 1. The number of ether oxygens (including phenoxy) is 3. The number of rotatable bonds is 9. The molecule has 1 aliphatic rings. The van der Waals surface area contributed by atoms with Crippen LogP contribution in [-0.4, -0.2) is 43.8 Å². The van der Waals surface area contributed by atoms with Gasteiger partial charge in [0.2, 0.25) is 0 Å². The Morgan fingerprint density at radius 2 is 1.60 bits per heavy atom. The number of carbonyl (C=O) groups excluding carboxylic acids is 2. The highest BCUT2D eigenvalue weighted by Gasteiger charge is 2.40. The molecule has 1 aliphatic heterocycles. The van der Waals surface area contributed by atoms with Gasteiger partial charge in [-0.05, 0) is 20.3 Å². The van der Waals surface area contributed by atoms with Crippen LogP contribution in [0.4, 0.5) is 5.69 Å². The van der Waals surface area contributed by atoms with E-state index in [0.29, 0.717) is 17.8 Å². The summed E-state index contributed by atoms with van der Waals surface area (Å²) in [7, 11) is 1.48. The number of esters is 2. The van der Waals surface area contributed by atoms with Crippen molar-refractivity contribution in [1.82, 2.24) is 5.32 Å². The second-order valence-corrected chi connectivity index (χ2v) is 6.72. The number of benzene rings is 1. The van der Waals surface area contributed by atoms with Gasteiger partial charge in [0.1, 0.15) is 6.61 Å². The van der Waals surface area contributed by atoms with E-state index >= 15 is 0 Å². The predicted molar refractivity (Wildman–Crippen MR) is 108 cm³/mol. The minimum atomic E-state index is -1.01. The predicted octanol–water partition coefficient (Wildman–Crippen LogP) is 2.97. The monoisotopic (exact) mass is 418 g/mol. The summed E-state index contributed by atoms with van der Waals surface area (Å²) < 4.78 is 15.5. The van der Waals surface area contributed by atoms with E-state index in [1.807, 2.05) is 6.92 Å². The van der Waals surface area contributed by atoms with Gasteiger partial charge in [0.25, 0.3) is 5.69 Å². The molecule has 9 nitrogen and oxygen atoms in total. The Balaban J connectivity index is 2.63. The third kappa shape index (κ3) is 5.04. The number of nitro benzene ring substituents is 1. The zero-order valence-electron chi connectivity index (χ0n) is 17.5. The number of nitro groups is 1. The van der Waals surface area contributed by atoms with Crippen molar-refractivity contribution in [2.75, 3.05) is 26.9 Å². The second-order valence-electron chi connectivity index (χ2n) is 6.72. The number of nitrogens with one attached hydrogen (secondary N) is 1. The highest BCUT2D eigenvalue weighted by atomic mass is 16.6. The lowest BCUT2D eigenvalue weighted by Crippen LogP contribution is -2.33. The summed E-state index contributed by atoms with van der Waals surface area (Å²) in [5.41, 5.74) is 1.18. The summed E-state index contributed by atoms with van der Waals surface area (Å²) >= 11 is 0. The molecule has 1 heterocycles. The van der Waals surface area contributed by atoms with Crippen LogP contribution in [0.3, 0.4) is 0 Å². The van der Waals surface area contributed by atoms with E-state index in [1.54, 1.807) is 19.9 Å². The minimum absolute atomic E-state index is 0.00796. The Labute approximate surface area is 174 Å². The third-order valence-corrected chi connectivity index (χ3v) is 4.60. The lowest BCUT2D eigenvalue weighted by molar-refractivity contribution is -0.385. The SMILES string of the molecule is CCCOC(=O)C1=C(C)NC(C)=C(C(=O)OCCOC)C1c1ccccc1[N+](=O)[O-]. The average Bonchev–Trinajstić information content (AvgIpc) is 2.71. The van der Waals surface area contributed by atoms with E-state index < -0.39 is 22.8 Å². The van der Waals surface area contributed by atoms with Crippen molar-refractivity contribution in [3.63, 3.8) is 0 Å². The molecular weight excluding hydrogens is 392 g/mol. The fraction of sp³-hybridized carbons (Fsp3) is 0.429. The fourth-order valence-electron chi connectivity index (χ4n) is 3.31. The molecule has 1 unspecified atom stereocenters. The molecule has 9 heteroatoms. The zero-order chi connectivity index (χ0) is 22.3. The third-order valence-electron chi connectivity index (χ3n) is 4.60. The molecule has 1 N–H and O–H groups in total. The van der Waals surface area contributed by atoms with Gasteiger partial charge in [-0.25, -0.2) is 9.59 Å². The van der Waals surface area contributed by atoms with Gasteiger partial charge in [-0.3, -0.25) is 10.1 Å². The van der Waals surface area contributed by atoms with E-state index in [1.165, 1.54) is 25.3 Å². The van der Waals surface area contributed by atoms with Crippen molar-refractivity contribution < 1.29 is 28.7 Å². The van der Waals surface area contributed by atoms with Crippen LogP contribution in [0.1, 0.15) is 38.7 Å². The number of dihydropyridines is 1. The molecule has 0 saturated carbocycles. The Morgan fingerprint density at radius 1 is 1.03 bits per heavy atom. The van der Waals surface area contributed by atoms with E-state index in [9.17, 15) is 19.7 Å². The Bertz CT molecular complexity index is 889. The van der Waals surface area contributed by atoms with Crippen LogP contribution in [-0.2, 0) is 23.8 Å². The molecule has 1 atom stereocenters. The van der Waals surface area contributed by atoms with Gasteiger partial charge in [-0.2, -0.15) is 0 Å². The summed E-state index contributed by atoms with van der Waals surface area (Å²) in [5, 5.41) is 14.7. The summed E-state index contributed by atoms with van der Waals surface area (Å²) in [5.74, 6) is -2.33. The van der Waals surface area contributed by atoms with Gasteiger partial charge in [-0.1, -0.05) is 25.1 Å². The Hall–Kier alpha value is -3.20. The first-order chi connectivity index (χ1) is 14.3. The zero-order valence-corrected chi connectivity index (χ0v) is 17.5. The number of nitrogens with zero attached hydrogens (tertiary/aromatic N) is 1. The summed E-state index contributed by atoms with van der Waals surface area (Å²) in [6, 6.07) is 6.02.